The second-order valence-corrected chi connectivity index (χ2v) is 7.51. The molecule has 1 aromatic carbocycles. The number of nitrogens with zero attached hydrogens (tertiary/aromatic N) is 1. The molecule has 1 aliphatic heterocycles. The zero-order valence-corrected chi connectivity index (χ0v) is 15.3. The summed E-state index contributed by atoms with van der Waals surface area (Å²) in [6.07, 6.45) is 2.12. The Kier molecular flexibility index (Phi) is 6.14. The van der Waals surface area contributed by atoms with E-state index in [4.69, 9.17) is 0 Å². The zero-order chi connectivity index (χ0) is 15.4. The number of aryl methyl sites for hydroxylation is 2. The second-order valence-electron chi connectivity index (χ2n) is 5.64. The number of carbonyl (C=O) groups is 1. The topological polar surface area (TPSA) is 32.3 Å². The van der Waals surface area contributed by atoms with Crippen molar-refractivity contribution in [1.29, 1.82) is 0 Å². The Morgan fingerprint density at radius 3 is 2.67 bits per heavy atom. The van der Waals surface area contributed by atoms with E-state index < -0.39 is 0 Å². The highest BCUT2D eigenvalue weighted by Crippen LogP contribution is 2.28. The smallest absolute Gasteiger partial charge is 0.232 e. The van der Waals surface area contributed by atoms with E-state index in [-0.39, 0.29) is 5.91 Å². The quantitative estimate of drug-likeness (QED) is 0.824. The first kappa shape index (κ1) is 16.8. The van der Waals surface area contributed by atoms with Gasteiger partial charge in [-0.3, -0.25) is 4.79 Å². The molecule has 0 saturated carbocycles. The van der Waals surface area contributed by atoms with E-state index in [0.29, 0.717) is 11.8 Å². The van der Waals surface area contributed by atoms with E-state index >= 15 is 0 Å². The molecule has 0 bridgehead atoms. The fourth-order valence-electron chi connectivity index (χ4n) is 2.55. The van der Waals surface area contributed by atoms with Gasteiger partial charge in [0.15, 0.2) is 0 Å². The number of benzene rings is 1. The van der Waals surface area contributed by atoms with Crippen LogP contribution >= 0.6 is 27.7 Å². The van der Waals surface area contributed by atoms with Crippen molar-refractivity contribution in [2.24, 2.45) is 0 Å². The number of carbonyl (C=O) groups excluding carboxylic acids is 1. The lowest BCUT2D eigenvalue weighted by molar-refractivity contribution is -0.129. The maximum atomic E-state index is 12.4. The van der Waals surface area contributed by atoms with E-state index in [1.807, 2.05) is 11.9 Å². The van der Waals surface area contributed by atoms with E-state index in [9.17, 15) is 4.79 Å². The molecule has 0 unspecified atom stereocenters. The van der Waals surface area contributed by atoms with Crippen LogP contribution in [0.1, 0.15) is 24.0 Å². The standard InChI is InChI=1S/C16H23BrN2OS/c1-11-9-15(12(2)8-14(11)17)21-10-16(20)19(3)13-4-6-18-7-5-13/h8-9,13,18H,4-7,10H2,1-3H3. The van der Waals surface area contributed by atoms with Gasteiger partial charge in [-0.15, -0.1) is 11.8 Å². The molecule has 0 aromatic heterocycles. The third-order valence-electron chi connectivity index (χ3n) is 4.06. The van der Waals surface area contributed by atoms with Gasteiger partial charge in [0.25, 0.3) is 0 Å². The zero-order valence-electron chi connectivity index (χ0n) is 12.9. The molecule has 1 saturated heterocycles. The molecule has 1 N–H and O–H groups in total. The van der Waals surface area contributed by atoms with E-state index in [1.54, 1.807) is 11.8 Å². The van der Waals surface area contributed by atoms with Crippen molar-refractivity contribution in [3.63, 3.8) is 0 Å². The summed E-state index contributed by atoms with van der Waals surface area (Å²) in [7, 11) is 1.94. The summed E-state index contributed by atoms with van der Waals surface area (Å²) in [6.45, 7) is 6.20. The third kappa shape index (κ3) is 4.47. The fourth-order valence-corrected chi connectivity index (χ4v) is 4.04. The Balaban J connectivity index is 1.93. The van der Waals surface area contributed by atoms with Gasteiger partial charge in [0.05, 0.1) is 5.75 Å². The first-order valence-corrected chi connectivity index (χ1v) is 9.13. The van der Waals surface area contributed by atoms with Gasteiger partial charge in [0.1, 0.15) is 0 Å². The van der Waals surface area contributed by atoms with Crippen molar-refractivity contribution in [3.05, 3.63) is 27.7 Å². The Hall–Kier alpha value is -0.520. The summed E-state index contributed by atoms with van der Waals surface area (Å²) >= 11 is 5.19. The van der Waals surface area contributed by atoms with Crippen LogP contribution in [0.2, 0.25) is 0 Å². The van der Waals surface area contributed by atoms with Crippen molar-refractivity contribution in [3.8, 4) is 0 Å². The van der Waals surface area contributed by atoms with Crippen molar-refractivity contribution in [2.75, 3.05) is 25.9 Å². The number of halogens is 1. The number of thioether (sulfide) groups is 1. The SMILES string of the molecule is Cc1cc(SCC(=O)N(C)C2CCNCC2)c(C)cc1Br. The average Bonchev–Trinajstić information content (AvgIpc) is 2.49. The molecule has 0 radical (unpaired) electrons. The summed E-state index contributed by atoms with van der Waals surface area (Å²) in [5.41, 5.74) is 2.43. The molecule has 0 aliphatic carbocycles. The average molecular weight is 371 g/mol. The lowest BCUT2D eigenvalue weighted by Crippen LogP contribution is -2.44. The monoisotopic (exact) mass is 370 g/mol. The summed E-state index contributed by atoms with van der Waals surface area (Å²) in [6, 6.07) is 4.67. The molecule has 1 aliphatic rings. The van der Waals surface area contributed by atoms with Gasteiger partial charge in [0.2, 0.25) is 5.91 Å². The molecule has 3 nitrogen and oxygen atoms in total. The van der Waals surface area contributed by atoms with Gasteiger partial charge in [-0.05, 0) is 63.0 Å². The third-order valence-corrected chi connectivity index (χ3v) is 6.05. The lowest BCUT2D eigenvalue weighted by Gasteiger charge is -2.31. The molecule has 1 aromatic rings. The van der Waals surface area contributed by atoms with Gasteiger partial charge >= 0.3 is 0 Å². The number of nitrogens with one attached hydrogen (secondary N) is 1. The molecule has 1 amide bonds. The molecule has 0 atom stereocenters. The number of hydrogen-bond donors (Lipinski definition) is 1. The number of hydrogen-bond acceptors (Lipinski definition) is 3. The highest BCUT2D eigenvalue weighted by Gasteiger charge is 2.21. The van der Waals surface area contributed by atoms with Crippen LogP contribution in [0.4, 0.5) is 0 Å². The summed E-state index contributed by atoms with van der Waals surface area (Å²) in [4.78, 5) is 15.5. The predicted molar refractivity (Wildman–Crippen MR) is 93.0 cm³/mol. The Morgan fingerprint density at radius 2 is 2.00 bits per heavy atom. The van der Waals surface area contributed by atoms with Gasteiger partial charge in [0, 0.05) is 22.5 Å². The van der Waals surface area contributed by atoms with E-state index in [2.05, 4.69) is 47.2 Å². The van der Waals surface area contributed by atoms with E-state index in [0.717, 1.165) is 30.4 Å². The lowest BCUT2D eigenvalue weighted by atomic mass is 10.1. The first-order chi connectivity index (χ1) is 9.99. The van der Waals surface area contributed by atoms with E-state index in [1.165, 1.54) is 16.0 Å². The molecule has 1 heterocycles. The number of amides is 1. The van der Waals surface area contributed by atoms with Crippen molar-refractivity contribution in [1.82, 2.24) is 10.2 Å². The fraction of sp³-hybridized carbons (Fsp3) is 0.562. The minimum absolute atomic E-state index is 0.229. The summed E-state index contributed by atoms with van der Waals surface area (Å²) in [5.74, 6) is 0.745. The van der Waals surface area contributed by atoms with Gasteiger partial charge < -0.3 is 10.2 Å². The van der Waals surface area contributed by atoms with Crippen LogP contribution in [0.5, 0.6) is 0 Å². The Morgan fingerprint density at radius 1 is 1.33 bits per heavy atom. The normalized spacial score (nSPS) is 16.0. The highest BCUT2D eigenvalue weighted by atomic mass is 79.9. The van der Waals surface area contributed by atoms with Crippen molar-refractivity contribution in [2.45, 2.75) is 37.6 Å². The molecule has 116 valence electrons. The molecule has 1 fully saturated rings. The predicted octanol–water partition coefficient (Wildman–Crippen LogP) is 3.37. The van der Waals surface area contributed by atoms with Gasteiger partial charge in [-0.1, -0.05) is 15.9 Å². The minimum atomic E-state index is 0.229. The maximum absolute atomic E-state index is 12.4. The van der Waals surface area contributed by atoms with Crippen LogP contribution in [-0.2, 0) is 4.79 Å². The Bertz CT molecular complexity index is 515. The maximum Gasteiger partial charge on any atom is 0.232 e. The summed E-state index contributed by atoms with van der Waals surface area (Å²) in [5, 5.41) is 3.34. The van der Waals surface area contributed by atoms with Crippen LogP contribution in [0.15, 0.2) is 21.5 Å². The van der Waals surface area contributed by atoms with Crippen LogP contribution in [0, 0.1) is 13.8 Å². The van der Waals surface area contributed by atoms with Crippen LogP contribution < -0.4 is 5.32 Å². The largest absolute Gasteiger partial charge is 0.342 e. The van der Waals surface area contributed by atoms with Crippen LogP contribution in [0.3, 0.4) is 0 Å². The molecule has 5 heteroatoms. The molecular formula is C16H23BrN2OS. The van der Waals surface area contributed by atoms with Crippen molar-refractivity contribution >= 4 is 33.6 Å². The van der Waals surface area contributed by atoms with Crippen molar-refractivity contribution < 1.29 is 4.79 Å². The first-order valence-electron chi connectivity index (χ1n) is 7.35. The molecule has 2 rings (SSSR count). The number of piperidine rings is 1. The minimum Gasteiger partial charge on any atom is -0.342 e. The summed E-state index contributed by atoms with van der Waals surface area (Å²) < 4.78 is 1.13. The highest BCUT2D eigenvalue weighted by molar-refractivity contribution is 9.10. The number of rotatable bonds is 4. The second kappa shape index (κ2) is 7.65. The van der Waals surface area contributed by atoms with Crippen LogP contribution in [0.25, 0.3) is 0 Å². The van der Waals surface area contributed by atoms with Gasteiger partial charge in [-0.25, -0.2) is 0 Å². The molecule has 21 heavy (non-hydrogen) atoms. The van der Waals surface area contributed by atoms with Crippen LogP contribution in [-0.4, -0.2) is 42.7 Å². The molecular weight excluding hydrogens is 348 g/mol. The Labute approximate surface area is 140 Å². The molecule has 0 spiro atoms. The van der Waals surface area contributed by atoms with Gasteiger partial charge in [-0.2, -0.15) is 0 Å².